The first-order valence-corrected chi connectivity index (χ1v) is 9.64. The van der Waals surface area contributed by atoms with Gasteiger partial charge in [0.1, 0.15) is 11.0 Å². The van der Waals surface area contributed by atoms with Crippen molar-refractivity contribution in [2.24, 2.45) is 0 Å². The highest BCUT2D eigenvalue weighted by Crippen LogP contribution is 2.33. The summed E-state index contributed by atoms with van der Waals surface area (Å²) in [6.45, 7) is 9.02. The Bertz CT molecular complexity index is 835. The standard InChI is InChI=1S/C20H27N5O2/c1-3-10-25-11-9-20(8-7-18(25)26)15-24(13-12-23(20)2)14-16-5-4-6-17-19(16)22-27-21-17/h3-6H,1,7-15H2,2H3/t20-/m0/s1. The molecule has 0 aliphatic carbocycles. The highest BCUT2D eigenvalue weighted by Gasteiger charge is 2.42. The minimum atomic E-state index is 0.0415. The third kappa shape index (κ3) is 3.49. The van der Waals surface area contributed by atoms with Gasteiger partial charge >= 0.3 is 0 Å². The Morgan fingerprint density at radius 2 is 2.15 bits per heavy atom. The molecule has 2 fully saturated rings. The molecule has 1 spiro atoms. The van der Waals surface area contributed by atoms with Crippen molar-refractivity contribution >= 4 is 16.9 Å². The lowest BCUT2D eigenvalue weighted by atomic mass is 9.86. The first kappa shape index (κ1) is 18.1. The minimum Gasteiger partial charge on any atom is -0.339 e. The lowest BCUT2D eigenvalue weighted by molar-refractivity contribution is -0.130. The Hall–Kier alpha value is -2.25. The van der Waals surface area contributed by atoms with Gasteiger partial charge in [-0.3, -0.25) is 14.6 Å². The Morgan fingerprint density at radius 1 is 1.26 bits per heavy atom. The Morgan fingerprint density at radius 3 is 3.00 bits per heavy atom. The van der Waals surface area contributed by atoms with Crippen LogP contribution in [0.5, 0.6) is 0 Å². The van der Waals surface area contributed by atoms with Crippen molar-refractivity contribution in [3.63, 3.8) is 0 Å². The molecule has 2 aliphatic heterocycles. The molecular formula is C20H27N5O2. The van der Waals surface area contributed by atoms with E-state index in [1.165, 1.54) is 0 Å². The number of hydrogen-bond donors (Lipinski definition) is 0. The van der Waals surface area contributed by atoms with Gasteiger partial charge in [0.25, 0.3) is 0 Å². The molecule has 0 bridgehead atoms. The zero-order valence-electron chi connectivity index (χ0n) is 15.9. The molecule has 3 heterocycles. The van der Waals surface area contributed by atoms with Gasteiger partial charge in [-0.2, -0.15) is 0 Å². The van der Waals surface area contributed by atoms with Gasteiger partial charge in [0.05, 0.1) is 0 Å². The molecule has 27 heavy (non-hydrogen) atoms. The highest BCUT2D eigenvalue weighted by molar-refractivity contribution is 5.77. The molecule has 1 aromatic carbocycles. The van der Waals surface area contributed by atoms with E-state index >= 15 is 0 Å². The van der Waals surface area contributed by atoms with Crippen molar-refractivity contribution in [2.75, 3.05) is 39.8 Å². The maximum absolute atomic E-state index is 12.4. The summed E-state index contributed by atoms with van der Waals surface area (Å²) in [5.74, 6) is 0.246. The van der Waals surface area contributed by atoms with Crippen LogP contribution in [0.2, 0.25) is 0 Å². The first-order chi connectivity index (χ1) is 13.1. The smallest absolute Gasteiger partial charge is 0.222 e. The van der Waals surface area contributed by atoms with E-state index in [0.29, 0.717) is 13.0 Å². The van der Waals surface area contributed by atoms with E-state index < -0.39 is 0 Å². The number of hydrogen-bond acceptors (Lipinski definition) is 6. The average Bonchev–Trinajstić information content (AvgIpc) is 3.10. The summed E-state index contributed by atoms with van der Waals surface area (Å²) in [6, 6.07) is 6.02. The number of rotatable bonds is 4. The van der Waals surface area contributed by atoms with Crippen molar-refractivity contribution in [1.82, 2.24) is 25.0 Å². The van der Waals surface area contributed by atoms with Crippen LogP contribution in [-0.2, 0) is 11.3 Å². The molecule has 144 valence electrons. The maximum Gasteiger partial charge on any atom is 0.222 e. The van der Waals surface area contributed by atoms with Crippen molar-refractivity contribution in [2.45, 2.75) is 31.3 Å². The fourth-order valence-electron chi connectivity index (χ4n) is 4.49. The molecule has 7 nitrogen and oxygen atoms in total. The van der Waals surface area contributed by atoms with Crippen LogP contribution in [0.4, 0.5) is 0 Å². The van der Waals surface area contributed by atoms with Crippen LogP contribution >= 0.6 is 0 Å². The molecule has 0 N–H and O–H groups in total. The van der Waals surface area contributed by atoms with Crippen molar-refractivity contribution < 1.29 is 9.42 Å². The van der Waals surface area contributed by atoms with Gasteiger partial charge in [-0.05, 0) is 41.8 Å². The fraction of sp³-hybridized carbons (Fsp3) is 0.550. The van der Waals surface area contributed by atoms with E-state index in [-0.39, 0.29) is 11.4 Å². The molecular weight excluding hydrogens is 342 g/mol. The van der Waals surface area contributed by atoms with Crippen molar-refractivity contribution in [1.29, 1.82) is 0 Å². The highest BCUT2D eigenvalue weighted by atomic mass is 16.6. The largest absolute Gasteiger partial charge is 0.339 e. The molecule has 7 heteroatoms. The van der Waals surface area contributed by atoms with Gasteiger partial charge in [0.2, 0.25) is 5.91 Å². The second-order valence-electron chi connectivity index (χ2n) is 7.78. The van der Waals surface area contributed by atoms with E-state index in [1.807, 2.05) is 23.1 Å². The van der Waals surface area contributed by atoms with Gasteiger partial charge in [0.15, 0.2) is 0 Å². The van der Waals surface area contributed by atoms with Crippen LogP contribution in [0.15, 0.2) is 35.5 Å². The van der Waals surface area contributed by atoms with Gasteiger partial charge in [-0.1, -0.05) is 18.2 Å². The Labute approximate surface area is 159 Å². The average molecular weight is 369 g/mol. The lowest BCUT2D eigenvalue weighted by Gasteiger charge is -2.49. The topological polar surface area (TPSA) is 65.7 Å². The quantitative estimate of drug-likeness (QED) is 0.767. The van der Waals surface area contributed by atoms with Crippen LogP contribution in [0.1, 0.15) is 24.8 Å². The molecule has 1 amide bonds. The number of fused-ring (bicyclic) bond motifs is 1. The van der Waals surface area contributed by atoms with Crippen LogP contribution in [0.3, 0.4) is 0 Å². The Balaban J connectivity index is 1.52. The molecule has 1 aromatic heterocycles. The van der Waals surface area contributed by atoms with Crippen LogP contribution in [0, 0.1) is 0 Å². The fourth-order valence-corrected chi connectivity index (χ4v) is 4.49. The third-order valence-electron chi connectivity index (χ3n) is 6.20. The summed E-state index contributed by atoms with van der Waals surface area (Å²) in [7, 11) is 2.20. The van der Waals surface area contributed by atoms with E-state index in [2.05, 4.69) is 39.8 Å². The summed E-state index contributed by atoms with van der Waals surface area (Å²) in [4.78, 5) is 19.3. The lowest BCUT2D eigenvalue weighted by Crippen LogP contribution is -2.60. The third-order valence-corrected chi connectivity index (χ3v) is 6.20. The number of piperazine rings is 1. The summed E-state index contributed by atoms with van der Waals surface area (Å²) >= 11 is 0. The predicted octanol–water partition coefficient (Wildman–Crippen LogP) is 1.91. The number of likely N-dealkylation sites (tertiary alicyclic amines) is 1. The zero-order valence-corrected chi connectivity index (χ0v) is 15.9. The molecule has 4 rings (SSSR count). The van der Waals surface area contributed by atoms with Gasteiger partial charge in [-0.25, -0.2) is 4.63 Å². The van der Waals surface area contributed by atoms with E-state index in [4.69, 9.17) is 4.63 Å². The molecule has 1 atom stereocenters. The number of amides is 1. The van der Waals surface area contributed by atoms with E-state index in [9.17, 15) is 4.79 Å². The van der Waals surface area contributed by atoms with Crippen molar-refractivity contribution in [3.8, 4) is 0 Å². The predicted molar refractivity (Wildman–Crippen MR) is 103 cm³/mol. The summed E-state index contributed by atoms with van der Waals surface area (Å²) in [5.41, 5.74) is 2.83. The molecule has 2 aromatic rings. The molecule has 2 aliphatic rings. The Kier molecular flexibility index (Phi) is 4.97. The number of likely N-dealkylation sites (N-methyl/N-ethyl adjacent to an activating group) is 1. The molecule has 0 radical (unpaired) electrons. The normalized spacial score (nSPS) is 25.2. The minimum absolute atomic E-state index is 0.0415. The number of benzene rings is 1. The maximum atomic E-state index is 12.4. The number of nitrogens with zero attached hydrogens (tertiary/aromatic N) is 5. The van der Waals surface area contributed by atoms with Crippen molar-refractivity contribution in [3.05, 3.63) is 36.4 Å². The van der Waals surface area contributed by atoms with Gasteiger partial charge < -0.3 is 4.90 Å². The molecule has 0 unspecified atom stereocenters. The molecule has 2 saturated heterocycles. The SMILES string of the molecule is C=CCN1CC[C@@]2(CCC1=O)CN(Cc1cccc3nonc13)CCN2C. The molecule has 0 saturated carbocycles. The summed E-state index contributed by atoms with van der Waals surface area (Å²) in [5, 5.41) is 8.02. The monoisotopic (exact) mass is 369 g/mol. The van der Waals surface area contributed by atoms with E-state index in [0.717, 1.165) is 62.2 Å². The second kappa shape index (κ2) is 7.40. The zero-order chi connectivity index (χ0) is 18.9. The number of carbonyl (C=O) groups is 1. The van der Waals surface area contributed by atoms with Gasteiger partial charge in [-0.15, -0.1) is 6.58 Å². The second-order valence-corrected chi connectivity index (χ2v) is 7.78. The van der Waals surface area contributed by atoms with Crippen LogP contribution in [-0.4, -0.2) is 76.2 Å². The van der Waals surface area contributed by atoms with Gasteiger partial charge in [0, 0.05) is 51.2 Å². The summed E-state index contributed by atoms with van der Waals surface area (Å²) in [6.07, 6.45) is 4.33. The first-order valence-electron chi connectivity index (χ1n) is 9.64. The van der Waals surface area contributed by atoms with Crippen LogP contribution < -0.4 is 0 Å². The number of aromatic nitrogens is 2. The van der Waals surface area contributed by atoms with E-state index in [1.54, 1.807) is 0 Å². The number of carbonyl (C=O) groups excluding carboxylic acids is 1. The summed E-state index contributed by atoms with van der Waals surface area (Å²) < 4.78 is 4.91. The van der Waals surface area contributed by atoms with Crippen LogP contribution in [0.25, 0.3) is 11.0 Å².